The van der Waals surface area contributed by atoms with Crippen molar-refractivity contribution in [2.45, 2.75) is 18.5 Å². The van der Waals surface area contributed by atoms with Gasteiger partial charge in [-0.3, -0.25) is 4.90 Å². The third-order valence-corrected chi connectivity index (χ3v) is 12.0. The lowest BCUT2D eigenvalue weighted by Crippen LogP contribution is -2.30. The van der Waals surface area contributed by atoms with Gasteiger partial charge in [0.15, 0.2) is 0 Å². The first-order chi connectivity index (χ1) is 28.2. The van der Waals surface area contributed by atoms with Crippen LogP contribution in [0, 0.1) is 0 Å². The van der Waals surface area contributed by atoms with E-state index in [1.807, 2.05) is 0 Å². The lowest BCUT2D eigenvalue weighted by Gasteiger charge is -2.30. The van der Waals surface area contributed by atoms with E-state index < -0.39 is 0 Å². The number of nitrogens with zero attached hydrogens (tertiary/aromatic N) is 3. The van der Waals surface area contributed by atoms with Crippen LogP contribution in [0.5, 0.6) is 0 Å². The average Bonchev–Trinajstić information content (AvgIpc) is 3.92. The largest absolute Gasteiger partial charge is 0.265 e. The van der Waals surface area contributed by atoms with Gasteiger partial charge in [-0.05, 0) is 120 Å². The van der Waals surface area contributed by atoms with Gasteiger partial charge in [-0.15, -0.1) is 0 Å². The van der Waals surface area contributed by atoms with Gasteiger partial charge >= 0.3 is 0 Å². The molecule has 9 aromatic rings. The molecule has 9 aromatic carbocycles. The third kappa shape index (κ3) is 5.87. The molecule has 3 heteroatoms. The molecule has 2 fully saturated rings. The normalized spacial score (nSPS) is 20.1. The summed E-state index contributed by atoms with van der Waals surface area (Å²) >= 11 is 0. The van der Waals surface area contributed by atoms with Crippen molar-refractivity contribution in [2.24, 2.45) is 0 Å². The molecule has 2 heterocycles. The van der Waals surface area contributed by atoms with E-state index in [2.05, 4.69) is 234 Å². The van der Waals surface area contributed by atoms with Gasteiger partial charge in [0.25, 0.3) is 0 Å². The van der Waals surface area contributed by atoms with Crippen LogP contribution in [0.15, 0.2) is 212 Å². The molecule has 0 radical (unpaired) electrons. The first kappa shape index (κ1) is 33.7. The van der Waals surface area contributed by atoms with E-state index in [1.54, 1.807) is 0 Å². The maximum Gasteiger partial charge on any atom is 0.119 e. The van der Waals surface area contributed by atoms with Crippen molar-refractivity contribution in [3.05, 3.63) is 229 Å². The average molecular weight is 732 g/mol. The molecule has 5 atom stereocenters. The predicted molar refractivity (Wildman–Crippen MR) is 236 cm³/mol. The van der Waals surface area contributed by atoms with Gasteiger partial charge in [0, 0.05) is 0 Å². The van der Waals surface area contributed by atoms with Crippen LogP contribution in [0.2, 0.25) is 0 Å². The molecule has 0 amide bonds. The molecule has 5 unspecified atom stereocenters. The summed E-state index contributed by atoms with van der Waals surface area (Å²) in [4.78, 5) is 2.55. The van der Waals surface area contributed by atoms with Crippen LogP contribution >= 0.6 is 0 Å². The number of fused-ring (bicyclic) bond motifs is 4. The zero-order valence-corrected chi connectivity index (χ0v) is 31.8. The summed E-state index contributed by atoms with van der Waals surface area (Å²) in [5.74, 6) is 0. The molecule has 11 rings (SSSR count). The van der Waals surface area contributed by atoms with Crippen LogP contribution in [-0.2, 0) is 0 Å². The van der Waals surface area contributed by atoms with Crippen molar-refractivity contribution in [3.8, 4) is 44.5 Å². The van der Waals surface area contributed by atoms with Gasteiger partial charge < -0.3 is 0 Å². The van der Waals surface area contributed by atoms with Crippen LogP contribution in [0.4, 0.5) is 0 Å². The van der Waals surface area contributed by atoms with Crippen molar-refractivity contribution < 1.29 is 0 Å². The Bertz CT molecular complexity index is 2920. The molecule has 2 saturated heterocycles. The van der Waals surface area contributed by atoms with Crippen LogP contribution in [0.25, 0.3) is 66.1 Å². The highest BCUT2D eigenvalue weighted by Gasteiger charge is 2.63. The van der Waals surface area contributed by atoms with E-state index in [1.165, 1.54) is 82.7 Å². The van der Waals surface area contributed by atoms with Gasteiger partial charge in [-0.25, -0.2) is 0 Å². The molecule has 0 spiro atoms. The molecular formula is C54H41N3. The summed E-state index contributed by atoms with van der Waals surface area (Å²) in [5, 5.41) is 10.3. The zero-order valence-electron chi connectivity index (χ0n) is 31.8. The minimum absolute atomic E-state index is 0.0390. The van der Waals surface area contributed by atoms with Crippen molar-refractivity contribution in [1.82, 2.24) is 14.9 Å². The van der Waals surface area contributed by atoms with E-state index in [9.17, 15) is 0 Å². The minimum atomic E-state index is 0.0390. The maximum absolute atomic E-state index is 2.59. The number of hydrazine groups is 1. The molecule has 2 aliphatic rings. The molecule has 2 aliphatic heterocycles. The van der Waals surface area contributed by atoms with Gasteiger partial charge in [-0.1, -0.05) is 182 Å². The first-order valence-electron chi connectivity index (χ1n) is 19.9. The summed E-state index contributed by atoms with van der Waals surface area (Å²) in [6.07, 6.45) is 0.218. The quantitative estimate of drug-likeness (QED) is 0.119. The molecular weight excluding hydrogens is 691 g/mol. The standard InChI is InChI=1S/C54H41N3/c1-55-52(45-26-13-22-40(33-45)38-18-6-3-7-19-38)56-54(47-28-14-24-42(34-47)41-23-12-21-39(32-41)37-16-4-2-5-17-37)57(56)53(55)46-27-15-25-43(35-46)51-36-44-20-8-9-29-48(44)49-30-10-11-31-50(49)51/h2-36,52-54H,1H3. The zero-order chi connectivity index (χ0) is 37.9. The number of rotatable bonds is 7. The molecule has 57 heavy (non-hydrogen) atoms. The Hall–Kier alpha value is -6.62. The van der Waals surface area contributed by atoms with E-state index >= 15 is 0 Å². The highest BCUT2D eigenvalue weighted by Crippen LogP contribution is 2.61. The Labute approximate surface area is 334 Å². The summed E-state index contributed by atoms with van der Waals surface area (Å²) in [5.41, 5.74) is 13.8. The topological polar surface area (TPSA) is 9.26 Å². The lowest BCUT2D eigenvalue weighted by molar-refractivity contribution is 0.144. The van der Waals surface area contributed by atoms with E-state index in [0.717, 1.165) is 0 Å². The van der Waals surface area contributed by atoms with Crippen molar-refractivity contribution in [3.63, 3.8) is 0 Å². The second-order valence-electron chi connectivity index (χ2n) is 15.4. The molecule has 0 saturated carbocycles. The fraction of sp³-hybridized carbons (Fsp3) is 0.0741. The highest BCUT2D eigenvalue weighted by atomic mass is 16.0. The predicted octanol–water partition coefficient (Wildman–Crippen LogP) is 13.5. The SMILES string of the molecule is CN1C(c2cccc(-c3ccccc3)c2)N2C(c3cccc(-c4cccc(-c5ccccc5)c4)c3)N2C1c1cccc(-c2cc3ccccc3c3ccccc23)c1. The van der Waals surface area contributed by atoms with Gasteiger partial charge in [0.2, 0.25) is 0 Å². The van der Waals surface area contributed by atoms with Crippen LogP contribution in [0.3, 0.4) is 0 Å². The fourth-order valence-corrected chi connectivity index (χ4v) is 9.36. The molecule has 0 aliphatic carbocycles. The van der Waals surface area contributed by atoms with Gasteiger partial charge in [0.1, 0.15) is 18.5 Å². The summed E-state index contributed by atoms with van der Waals surface area (Å²) in [6, 6.07) is 77.9. The lowest BCUT2D eigenvalue weighted by atomic mass is 9.92. The number of hydrogen-bond acceptors (Lipinski definition) is 3. The summed E-state index contributed by atoms with van der Waals surface area (Å²) < 4.78 is 0. The Balaban J connectivity index is 1.01. The fourth-order valence-electron chi connectivity index (χ4n) is 9.36. The number of hydrogen-bond donors (Lipinski definition) is 0. The van der Waals surface area contributed by atoms with E-state index in [0.29, 0.717) is 0 Å². The van der Waals surface area contributed by atoms with Crippen molar-refractivity contribution in [1.29, 1.82) is 0 Å². The second kappa shape index (κ2) is 13.8. The second-order valence-corrected chi connectivity index (χ2v) is 15.4. The molecule has 0 aromatic heterocycles. The monoisotopic (exact) mass is 731 g/mol. The van der Waals surface area contributed by atoms with Crippen molar-refractivity contribution in [2.75, 3.05) is 7.05 Å². The Morgan fingerprint density at radius 2 is 0.702 bits per heavy atom. The minimum Gasteiger partial charge on any atom is -0.265 e. The smallest absolute Gasteiger partial charge is 0.119 e. The Kier molecular flexibility index (Phi) is 8.18. The van der Waals surface area contributed by atoms with Crippen LogP contribution in [0.1, 0.15) is 35.2 Å². The van der Waals surface area contributed by atoms with Gasteiger partial charge in [-0.2, -0.15) is 10.0 Å². The highest BCUT2D eigenvalue weighted by molar-refractivity contribution is 6.13. The summed E-state index contributed by atoms with van der Waals surface area (Å²) in [6.45, 7) is 0. The molecule has 272 valence electrons. The molecule has 0 bridgehead atoms. The number of benzene rings is 9. The Morgan fingerprint density at radius 1 is 0.298 bits per heavy atom. The van der Waals surface area contributed by atoms with E-state index in [-0.39, 0.29) is 18.5 Å². The van der Waals surface area contributed by atoms with Crippen LogP contribution < -0.4 is 0 Å². The van der Waals surface area contributed by atoms with Gasteiger partial charge in [0.05, 0.1) is 0 Å². The van der Waals surface area contributed by atoms with Crippen molar-refractivity contribution >= 4 is 21.5 Å². The molecule has 3 nitrogen and oxygen atoms in total. The van der Waals surface area contributed by atoms with Crippen LogP contribution in [-0.4, -0.2) is 22.0 Å². The summed E-state index contributed by atoms with van der Waals surface area (Å²) in [7, 11) is 2.29. The molecule has 0 N–H and O–H groups in total. The first-order valence-corrected chi connectivity index (χ1v) is 19.9. The Morgan fingerprint density at radius 3 is 1.32 bits per heavy atom. The maximum atomic E-state index is 2.59. The van der Waals surface area contributed by atoms with E-state index in [4.69, 9.17) is 0 Å². The third-order valence-electron chi connectivity index (χ3n) is 12.0.